The number of benzene rings is 1. The number of hydrogen-bond acceptors (Lipinski definition) is 4. The summed E-state index contributed by atoms with van der Waals surface area (Å²) in [6, 6.07) is 9.78. The normalized spacial score (nSPS) is 14.5. The van der Waals surface area contributed by atoms with Crippen LogP contribution < -0.4 is 15.0 Å². The molecule has 6 nitrogen and oxygen atoms in total. The zero-order valence-corrected chi connectivity index (χ0v) is 15.0. The summed E-state index contributed by atoms with van der Waals surface area (Å²) < 4.78 is 18.7. The van der Waals surface area contributed by atoms with Gasteiger partial charge in [-0.1, -0.05) is 0 Å². The summed E-state index contributed by atoms with van der Waals surface area (Å²) in [5.74, 6) is 0.170. The molecule has 1 N–H and O–H groups in total. The van der Waals surface area contributed by atoms with Gasteiger partial charge in [-0.25, -0.2) is 14.2 Å². The number of anilines is 2. The highest BCUT2D eigenvalue weighted by Gasteiger charge is 2.22. The van der Waals surface area contributed by atoms with Crippen molar-refractivity contribution in [2.24, 2.45) is 0 Å². The minimum atomic E-state index is -0.248. The minimum Gasteiger partial charge on any atom is -0.473 e. The van der Waals surface area contributed by atoms with E-state index >= 15 is 0 Å². The lowest BCUT2D eigenvalue weighted by Gasteiger charge is -2.36. The third kappa shape index (κ3) is 4.41. The molecule has 0 atom stereocenters. The first-order valence-electron chi connectivity index (χ1n) is 8.71. The van der Waals surface area contributed by atoms with Crippen molar-refractivity contribution in [2.45, 2.75) is 20.0 Å². The average Bonchev–Trinajstić information content (AvgIpc) is 2.64. The predicted molar refractivity (Wildman–Crippen MR) is 99.2 cm³/mol. The third-order valence-corrected chi connectivity index (χ3v) is 4.12. The topological polar surface area (TPSA) is 57.7 Å². The molecule has 7 heteroatoms. The van der Waals surface area contributed by atoms with E-state index in [0.29, 0.717) is 37.7 Å². The van der Waals surface area contributed by atoms with Crippen molar-refractivity contribution in [1.82, 2.24) is 9.88 Å². The second-order valence-corrected chi connectivity index (χ2v) is 6.40. The summed E-state index contributed by atoms with van der Waals surface area (Å²) >= 11 is 0. The number of urea groups is 1. The van der Waals surface area contributed by atoms with Gasteiger partial charge >= 0.3 is 6.03 Å². The third-order valence-electron chi connectivity index (χ3n) is 4.12. The molecule has 0 spiro atoms. The van der Waals surface area contributed by atoms with Crippen molar-refractivity contribution < 1.29 is 13.9 Å². The molecule has 0 bridgehead atoms. The van der Waals surface area contributed by atoms with Gasteiger partial charge in [0, 0.05) is 38.1 Å². The van der Waals surface area contributed by atoms with Gasteiger partial charge in [-0.15, -0.1) is 0 Å². The Bertz CT molecular complexity index is 743. The molecule has 2 amide bonds. The predicted octanol–water partition coefficient (Wildman–Crippen LogP) is 3.36. The maximum Gasteiger partial charge on any atom is 0.322 e. The number of ether oxygens (including phenoxy) is 1. The van der Waals surface area contributed by atoms with E-state index in [1.54, 1.807) is 35.4 Å². The number of pyridine rings is 1. The molecular formula is C19H23FN4O2. The zero-order valence-electron chi connectivity index (χ0n) is 15.0. The first-order chi connectivity index (χ1) is 12.5. The van der Waals surface area contributed by atoms with E-state index in [4.69, 9.17) is 4.74 Å². The molecular weight excluding hydrogens is 335 g/mol. The minimum absolute atomic E-state index is 0.0280. The summed E-state index contributed by atoms with van der Waals surface area (Å²) in [7, 11) is 0. The highest BCUT2D eigenvalue weighted by molar-refractivity contribution is 5.90. The van der Waals surface area contributed by atoms with Gasteiger partial charge in [-0.3, -0.25) is 0 Å². The molecule has 3 rings (SSSR count). The van der Waals surface area contributed by atoms with Gasteiger partial charge in [-0.2, -0.15) is 0 Å². The van der Waals surface area contributed by atoms with Gasteiger partial charge in [-0.05, 0) is 50.2 Å². The van der Waals surface area contributed by atoms with Crippen LogP contribution in [0.1, 0.15) is 13.8 Å². The van der Waals surface area contributed by atoms with E-state index in [1.165, 1.54) is 12.1 Å². The lowest BCUT2D eigenvalue weighted by Crippen LogP contribution is -2.50. The molecule has 0 unspecified atom stereocenters. The lowest BCUT2D eigenvalue weighted by molar-refractivity contribution is 0.207. The van der Waals surface area contributed by atoms with E-state index in [2.05, 4.69) is 15.2 Å². The Morgan fingerprint density at radius 1 is 1.15 bits per heavy atom. The second-order valence-electron chi connectivity index (χ2n) is 6.40. The number of hydrogen-bond donors (Lipinski definition) is 1. The summed E-state index contributed by atoms with van der Waals surface area (Å²) in [5.41, 5.74) is 1.53. The van der Waals surface area contributed by atoms with Crippen LogP contribution in [0.2, 0.25) is 0 Å². The molecule has 1 saturated heterocycles. The smallest absolute Gasteiger partial charge is 0.322 e. The van der Waals surface area contributed by atoms with Crippen molar-refractivity contribution in [3.05, 3.63) is 48.4 Å². The van der Waals surface area contributed by atoms with Gasteiger partial charge in [0.2, 0.25) is 5.88 Å². The fraction of sp³-hybridized carbons (Fsp3) is 0.368. The summed E-state index contributed by atoms with van der Waals surface area (Å²) in [5, 5.41) is 2.88. The summed E-state index contributed by atoms with van der Waals surface area (Å²) in [6.45, 7) is 6.39. The monoisotopic (exact) mass is 358 g/mol. The number of rotatable bonds is 4. The highest BCUT2D eigenvalue weighted by atomic mass is 19.1. The number of carbonyl (C=O) groups is 1. The van der Waals surface area contributed by atoms with E-state index in [9.17, 15) is 9.18 Å². The van der Waals surface area contributed by atoms with Crippen molar-refractivity contribution >= 4 is 17.4 Å². The number of nitrogens with one attached hydrogen (secondary N) is 1. The second kappa shape index (κ2) is 8.03. The van der Waals surface area contributed by atoms with Crippen LogP contribution in [0.15, 0.2) is 42.6 Å². The zero-order chi connectivity index (χ0) is 18.5. The van der Waals surface area contributed by atoms with E-state index in [-0.39, 0.29) is 18.0 Å². The van der Waals surface area contributed by atoms with Gasteiger partial charge in [0.15, 0.2) is 0 Å². The van der Waals surface area contributed by atoms with Crippen LogP contribution in [0.5, 0.6) is 5.88 Å². The number of halogens is 1. The van der Waals surface area contributed by atoms with E-state index in [1.807, 2.05) is 13.8 Å². The van der Waals surface area contributed by atoms with Gasteiger partial charge in [0.1, 0.15) is 11.5 Å². The number of carbonyl (C=O) groups excluding carboxylic acids is 1. The SMILES string of the molecule is CC(C)Oc1ncccc1NC(=O)N1CCN(c2ccc(F)cc2)CC1. The van der Waals surface area contributed by atoms with Gasteiger partial charge < -0.3 is 19.9 Å². The standard InChI is InChI=1S/C19H23FN4O2/c1-14(2)26-18-17(4-3-9-21-18)22-19(25)24-12-10-23(11-13-24)16-7-5-15(20)6-8-16/h3-9,14H,10-13H2,1-2H3,(H,22,25). The van der Waals surface area contributed by atoms with Crippen LogP contribution in [0, 0.1) is 5.82 Å². The molecule has 1 aliphatic rings. The molecule has 1 aromatic carbocycles. The molecule has 26 heavy (non-hydrogen) atoms. The Hall–Kier alpha value is -2.83. The van der Waals surface area contributed by atoms with Crippen LogP contribution in [0.25, 0.3) is 0 Å². The van der Waals surface area contributed by atoms with Crippen LogP contribution in [-0.2, 0) is 0 Å². The fourth-order valence-corrected chi connectivity index (χ4v) is 2.82. The maximum atomic E-state index is 13.0. The first kappa shape index (κ1) is 18.0. The number of nitrogens with zero attached hydrogens (tertiary/aromatic N) is 3. The summed E-state index contributed by atoms with van der Waals surface area (Å²) in [6.07, 6.45) is 1.61. The number of amides is 2. The number of piperazine rings is 1. The van der Waals surface area contributed by atoms with Crippen LogP contribution in [-0.4, -0.2) is 48.2 Å². The highest BCUT2D eigenvalue weighted by Crippen LogP contribution is 2.23. The van der Waals surface area contributed by atoms with Crippen molar-refractivity contribution in [3.8, 4) is 5.88 Å². The molecule has 1 fully saturated rings. The van der Waals surface area contributed by atoms with E-state index in [0.717, 1.165) is 5.69 Å². The number of aromatic nitrogens is 1. The molecule has 2 heterocycles. The Labute approximate surface area is 152 Å². The molecule has 1 aliphatic heterocycles. The lowest BCUT2D eigenvalue weighted by atomic mass is 10.2. The van der Waals surface area contributed by atoms with Gasteiger partial charge in [0.25, 0.3) is 0 Å². The fourth-order valence-electron chi connectivity index (χ4n) is 2.82. The molecule has 0 radical (unpaired) electrons. The van der Waals surface area contributed by atoms with Crippen LogP contribution in [0.4, 0.5) is 20.6 Å². The quantitative estimate of drug-likeness (QED) is 0.910. The van der Waals surface area contributed by atoms with Crippen molar-refractivity contribution in [3.63, 3.8) is 0 Å². The Morgan fingerprint density at radius 2 is 1.85 bits per heavy atom. The largest absolute Gasteiger partial charge is 0.473 e. The summed E-state index contributed by atoms with van der Waals surface area (Å²) in [4.78, 5) is 20.6. The molecule has 0 aliphatic carbocycles. The van der Waals surface area contributed by atoms with Crippen molar-refractivity contribution in [2.75, 3.05) is 36.4 Å². The van der Waals surface area contributed by atoms with Crippen molar-refractivity contribution in [1.29, 1.82) is 0 Å². The Kier molecular flexibility index (Phi) is 5.55. The maximum absolute atomic E-state index is 13.0. The molecule has 2 aromatic rings. The molecule has 138 valence electrons. The van der Waals surface area contributed by atoms with Crippen LogP contribution >= 0.6 is 0 Å². The average molecular weight is 358 g/mol. The Morgan fingerprint density at radius 3 is 2.50 bits per heavy atom. The van der Waals surface area contributed by atoms with E-state index < -0.39 is 0 Å². The van der Waals surface area contributed by atoms with Crippen LogP contribution in [0.3, 0.4) is 0 Å². The van der Waals surface area contributed by atoms with Gasteiger partial charge in [0.05, 0.1) is 6.10 Å². The first-order valence-corrected chi connectivity index (χ1v) is 8.71. The Balaban J connectivity index is 1.58. The molecule has 1 aromatic heterocycles. The molecule has 0 saturated carbocycles.